The van der Waals surface area contributed by atoms with Crippen molar-refractivity contribution in [3.8, 4) is 0 Å². The van der Waals surface area contributed by atoms with Gasteiger partial charge in [0.15, 0.2) is 0 Å². The summed E-state index contributed by atoms with van der Waals surface area (Å²) in [5, 5.41) is 10.3. The monoisotopic (exact) mass is 365 g/mol. The van der Waals surface area contributed by atoms with E-state index >= 15 is 0 Å². The van der Waals surface area contributed by atoms with Crippen molar-refractivity contribution in [3.05, 3.63) is 48.5 Å². The Hall–Kier alpha value is -3.19. The first-order valence-corrected chi connectivity index (χ1v) is 8.80. The van der Waals surface area contributed by atoms with E-state index in [0.717, 1.165) is 41.1 Å². The van der Waals surface area contributed by atoms with Gasteiger partial charge in [0, 0.05) is 43.9 Å². The van der Waals surface area contributed by atoms with Crippen molar-refractivity contribution >= 4 is 40.0 Å². The van der Waals surface area contributed by atoms with E-state index in [-0.39, 0.29) is 5.91 Å². The highest BCUT2D eigenvalue weighted by Crippen LogP contribution is 2.24. The molecule has 0 spiro atoms. The first kappa shape index (κ1) is 18.6. The number of nitrogens with zero attached hydrogens (tertiary/aromatic N) is 2. The fourth-order valence-corrected chi connectivity index (χ4v) is 2.66. The van der Waals surface area contributed by atoms with Crippen molar-refractivity contribution in [2.45, 2.75) is 13.3 Å². The average Bonchev–Trinajstić information content (AvgIpc) is 2.66. The molecule has 0 bridgehead atoms. The van der Waals surface area contributed by atoms with Crippen molar-refractivity contribution in [1.29, 1.82) is 0 Å². The van der Waals surface area contributed by atoms with Gasteiger partial charge in [-0.05, 0) is 42.8 Å². The molecule has 0 saturated heterocycles. The highest BCUT2D eigenvalue weighted by Gasteiger charge is 2.08. The third-order valence-electron chi connectivity index (χ3n) is 3.88. The SMILES string of the molecule is COCCCNc1nc(Nc2ccc(NC(C)=O)cc2)nc2ccccc12. The van der Waals surface area contributed by atoms with Gasteiger partial charge in [-0.3, -0.25) is 4.79 Å². The lowest BCUT2D eigenvalue weighted by Gasteiger charge is -2.12. The summed E-state index contributed by atoms with van der Waals surface area (Å²) >= 11 is 0. The predicted octanol–water partition coefficient (Wildman–Crippen LogP) is 3.78. The summed E-state index contributed by atoms with van der Waals surface area (Å²) in [6.07, 6.45) is 0.891. The van der Waals surface area contributed by atoms with Crippen LogP contribution in [0.15, 0.2) is 48.5 Å². The number of anilines is 4. The van der Waals surface area contributed by atoms with Gasteiger partial charge in [-0.15, -0.1) is 0 Å². The Morgan fingerprint density at radius 3 is 2.52 bits per heavy atom. The van der Waals surface area contributed by atoms with Crippen LogP contribution >= 0.6 is 0 Å². The lowest BCUT2D eigenvalue weighted by atomic mass is 10.2. The smallest absolute Gasteiger partial charge is 0.229 e. The van der Waals surface area contributed by atoms with E-state index in [4.69, 9.17) is 4.74 Å². The molecule has 1 amide bonds. The normalized spacial score (nSPS) is 10.6. The topological polar surface area (TPSA) is 88.2 Å². The van der Waals surface area contributed by atoms with Gasteiger partial charge in [-0.2, -0.15) is 4.98 Å². The van der Waals surface area contributed by atoms with Crippen LogP contribution in [0.25, 0.3) is 10.9 Å². The lowest BCUT2D eigenvalue weighted by Crippen LogP contribution is -2.08. The molecule has 0 saturated carbocycles. The van der Waals surface area contributed by atoms with Gasteiger partial charge in [-0.1, -0.05) is 12.1 Å². The number of hydrogen-bond acceptors (Lipinski definition) is 6. The molecule has 0 aliphatic rings. The number of nitrogens with one attached hydrogen (secondary N) is 3. The minimum Gasteiger partial charge on any atom is -0.385 e. The van der Waals surface area contributed by atoms with Crippen LogP contribution in [0.4, 0.5) is 23.1 Å². The van der Waals surface area contributed by atoms with Gasteiger partial charge in [0.2, 0.25) is 11.9 Å². The van der Waals surface area contributed by atoms with Crippen LogP contribution in [0.2, 0.25) is 0 Å². The maximum absolute atomic E-state index is 11.1. The molecule has 3 aromatic rings. The molecule has 0 aliphatic heterocycles. The number of methoxy groups -OCH3 is 1. The number of fused-ring (bicyclic) bond motifs is 1. The fourth-order valence-electron chi connectivity index (χ4n) is 2.66. The van der Waals surface area contributed by atoms with Crippen LogP contribution < -0.4 is 16.0 Å². The second-order valence-electron chi connectivity index (χ2n) is 6.07. The Labute approximate surface area is 158 Å². The second kappa shape index (κ2) is 8.95. The molecule has 27 heavy (non-hydrogen) atoms. The van der Waals surface area contributed by atoms with Crippen LogP contribution in [0.3, 0.4) is 0 Å². The van der Waals surface area contributed by atoms with Crippen LogP contribution in [-0.4, -0.2) is 36.1 Å². The quantitative estimate of drug-likeness (QED) is 0.527. The van der Waals surface area contributed by atoms with Crippen molar-refractivity contribution in [2.24, 2.45) is 0 Å². The molecular weight excluding hydrogens is 342 g/mol. The van der Waals surface area contributed by atoms with Gasteiger partial charge in [0.25, 0.3) is 0 Å². The predicted molar refractivity (Wildman–Crippen MR) is 109 cm³/mol. The number of ether oxygens (including phenoxy) is 1. The standard InChI is InChI=1S/C20H23N5O2/c1-14(26)22-15-8-10-16(11-9-15)23-20-24-18-7-4-3-6-17(18)19(25-20)21-12-5-13-27-2/h3-4,6-11H,5,12-13H2,1-2H3,(H,22,26)(H2,21,23,24,25). The number of aromatic nitrogens is 2. The molecule has 0 atom stereocenters. The molecule has 3 rings (SSSR count). The number of hydrogen-bond donors (Lipinski definition) is 3. The van der Waals surface area contributed by atoms with E-state index in [2.05, 4.69) is 25.9 Å². The Balaban J connectivity index is 1.80. The summed E-state index contributed by atoms with van der Waals surface area (Å²) in [7, 11) is 1.69. The Bertz CT molecular complexity index is 912. The van der Waals surface area contributed by atoms with E-state index in [1.165, 1.54) is 6.92 Å². The first-order chi connectivity index (χ1) is 13.2. The zero-order chi connectivity index (χ0) is 19.1. The highest BCUT2D eigenvalue weighted by atomic mass is 16.5. The molecule has 0 fully saturated rings. The minimum atomic E-state index is -0.0993. The van der Waals surface area contributed by atoms with Crippen molar-refractivity contribution in [2.75, 3.05) is 36.2 Å². The number of benzene rings is 2. The maximum Gasteiger partial charge on any atom is 0.229 e. The minimum absolute atomic E-state index is 0.0993. The van der Waals surface area contributed by atoms with Gasteiger partial charge < -0.3 is 20.7 Å². The zero-order valence-electron chi connectivity index (χ0n) is 15.5. The first-order valence-electron chi connectivity index (χ1n) is 8.80. The van der Waals surface area contributed by atoms with Gasteiger partial charge in [0.1, 0.15) is 5.82 Å². The number of carbonyl (C=O) groups excluding carboxylic acids is 1. The molecule has 2 aromatic carbocycles. The number of carbonyl (C=O) groups is 1. The molecule has 1 heterocycles. The van der Waals surface area contributed by atoms with Gasteiger partial charge in [-0.25, -0.2) is 4.98 Å². The average molecular weight is 365 g/mol. The van der Waals surface area contributed by atoms with E-state index in [1.807, 2.05) is 48.5 Å². The van der Waals surface area contributed by atoms with E-state index in [1.54, 1.807) is 7.11 Å². The van der Waals surface area contributed by atoms with Gasteiger partial charge in [0.05, 0.1) is 5.52 Å². The van der Waals surface area contributed by atoms with E-state index < -0.39 is 0 Å². The van der Waals surface area contributed by atoms with E-state index in [0.29, 0.717) is 12.6 Å². The largest absolute Gasteiger partial charge is 0.385 e. The van der Waals surface area contributed by atoms with Crippen LogP contribution in [0.5, 0.6) is 0 Å². The molecule has 3 N–H and O–H groups in total. The summed E-state index contributed by atoms with van der Waals surface area (Å²) in [5.74, 6) is 1.20. The van der Waals surface area contributed by atoms with Crippen LogP contribution in [0, 0.1) is 0 Å². The molecule has 7 heteroatoms. The molecule has 0 aliphatic carbocycles. The molecule has 1 aromatic heterocycles. The number of para-hydroxylation sites is 1. The number of rotatable bonds is 8. The third kappa shape index (κ3) is 5.15. The van der Waals surface area contributed by atoms with Crippen LogP contribution in [-0.2, 0) is 9.53 Å². The second-order valence-corrected chi connectivity index (χ2v) is 6.07. The third-order valence-corrected chi connectivity index (χ3v) is 3.88. The summed E-state index contributed by atoms with van der Waals surface area (Å²) < 4.78 is 5.09. The molecule has 0 radical (unpaired) electrons. The van der Waals surface area contributed by atoms with Crippen molar-refractivity contribution < 1.29 is 9.53 Å². The fraction of sp³-hybridized carbons (Fsp3) is 0.250. The lowest BCUT2D eigenvalue weighted by molar-refractivity contribution is -0.114. The summed E-state index contributed by atoms with van der Waals surface area (Å²) in [4.78, 5) is 20.3. The summed E-state index contributed by atoms with van der Waals surface area (Å²) in [5.41, 5.74) is 2.44. The van der Waals surface area contributed by atoms with Crippen molar-refractivity contribution in [1.82, 2.24) is 9.97 Å². The molecule has 0 unspecified atom stereocenters. The zero-order valence-corrected chi connectivity index (χ0v) is 15.5. The molecule has 140 valence electrons. The molecule has 7 nitrogen and oxygen atoms in total. The Morgan fingerprint density at radius 1 is 1.04 bits per heavy atom. The summed E-state index contributed by atoms with van der Waals surface area (Å²) in [6.45, 7) is 2.94. The number of amides is 1. The van der Waals surface area contributed by atoms with Crippen LogP contribution in [0.1, 0.15) is 13.3 Å². The van der Waals surface area contributed by atoms with Crippen molar-refractivity contribution in [3.63, 3.8) is 0 Å². The Kier molecular flexibility index (Phi) is 6.17. The maximum atomic E-state index is 11.1. The molecular formula is C20H23N5O2. The Morgan fingerprint density at radius 2 is 1.78 bits per heavy atom. The van der Waals surface area contributed by atoms with E-state index in [9.17, 15) is 4.79 Å². The van der Waals surface area contributed by atoms with Gasteiger partial charge >= 0.3 is 0 Å². The highest BCUT2D eigenvalue weighted by molar-refractivity contribution is 5.90. The summed E-state index contributed by atoms with van der Waals surface area (Å²) in [6, 6.07) is 15.3.